The second-order valence-corrected chi connectivity index (χ2v) is 4.77. The van der Waals surface area contributed by atoms with E-state index in [0.29, 0.717) is 6.42 Å². The molecule has 0 fully saturated rings. The maximum atomic E-state index is 10.8. The van der Waals surface area contributed by atoms with E-state index >= 15 is 0 Å². The predicted octanol–water partition coefficient (Wildman–Crippen LogP) is 3.33. The highest BCUT2D eigenvalue weighted by Crippen LogP contribution is 2.25. The molecule has 1 atom stereocenters. The van der Waals surface area contributed by atoms with Crippen molar-refractivity contribution in [2.24, 2.45) is 5.92 Å². The number of carboxylic acid groups (broad SMARTS) is 1. The molecule has 1 aromatic rings. The fourth-order valence-electron chi connectivity index (χ4n) is 1.48. The van der Waals surface area contributed by atoms with Gasteiger partial charge >= 0.3 is 5.97 Å². The molecular weight excluding hydrogens is 256 g/mol. The second kappa shape index (κ2) is 4.79. The van der Waals surface area contributed by atoms with Crippen LogP contribution in [0.15, 0.2) is 16.6 Å². The monoisotopic (exact) mass is 270 g/mol. The van der Waals surface area contributed by atoms with Gasteiger partial charge in [-0.25, -0.2) is 0 Å². The molecule has 1 unspecified atom stereocenters. The highest BCUT2D eigenvalue weighted by atomic mass is 79.9. The zero-order chi connectivity index (χ0) is 11.6. The first-order chi connectivity index (χ1) is 6.93. The summed E-state index contributed by atoms with van der Waals surface area (Å²) in [5.41, 5.74) is 3.48. The molecule has 0 aliphatic rings. The summed E-state index contributed by atoms with van der Waals surface area (Å²) in [6.45, 7) is 5.80. The zero-order valence-corrected chi connectivity index (χ0v) is 10.8. The Bertz CT molecular complexity index is 385. The number of hydrogen-bond donors (Lipinski definition) is 1. The molecule has 0 saturated carbocycles. The van der Waals surface area contributed by atoms with Crippen LogP contribution in [0.5, 0.6) is 0 Å². The van der Waals surface area contributed by atoms with Gasteiger partial charge in [-0.3, -0.25) is 4.79 Å². The number of carboxylic acids is 1. The zero-order valence-electron chi connectivity index (χ0n) is 9.17. The van der Waals surface area contributed by atoms with Crippen molar-refractivity contribution in [3.8, 4) is 0 Å². The molecule has 0 heterocycles. The summed E-state index contributed by atoms with van der Waals surface area (Å²) < 4.78 is 0.999. The molecule has 1 aromatic carbocycles. The molecule has 0 aliphatic carbocycles. The van der Waals surface area contributed by atoms with Gasteiger partial charge in [0.2, 0.25) is 0 Å². The Balaban J connectivity index is 3.03. The molecule has 0 spiro atoms. The summed E-state index contributed by atoms with van der Waals surface area (Å²) in [7, 11) is 0. The fraction of sp³-hybridized carbons (Fsp3) is 0.417. The van der Waals surface area contributed by atoms with Crippen molar-refractivity contribution >= 4 is 21.9 Å². The average Bonchev–Trinajstić information content (AvgIpc) is 2.18. The van der Waals surface area contributed by atoms with E-state index in [0.717, 1.165) is 10.0 Å². The molecule has 1 rings (SSSR count). The number of carbonyl (C=O) groups is 1. The third kappa shape index (κ3) is 2.81. The summed E-state index contributed by atoms with van der Waals surface area (Å²) in [5, 5.41) is 8.88. The molecule has 0 bridgehead atoms. The fourth-order valence-corrected chi connectivity index (χ4v) is 2.08. The predicted molar refractivity (Wildman–Crippen MR) is 64.1 cm³/mol. The van der Waals surface area contributed by atoms with Gasteiger partial charge in [0.15, 0.2) is 0 Å². The van der Waals surface area contributed by atoms with Gasteiger partial charge in [0, 0.05) is 4.47 Å². The number of halogens is 1. The van der Waals surface area contributed by atoms with Gasteiger partial charge in [0.25, 0.3) is 0 Å². The molecule has 0 radical (unpaired) electrons. The minimum Gasteiger partial charge on any atom is -0.481 e. The van der Waals surface area contributed by atoms with Crippen molar-refractivity contribution < 1.29 is 9.90 Å². The second-order valence-electron chi connectivity index (χ2n) is 3.91. The Labute approximate surface area is 98.4 Å². The SMILES string of the molecule is Cc1ccc(Br)c(CC(C)C(=O)O)c1C. The van der Waals surface area contributed by atoms with Crippen molar-refractivity contribution in [2.75, 3.05) is 0 Å². The Morgan fingerprint density at radius 3 is 2.60 bits per heavy atom. The third-order valence-electron chi connectivity index (χ3n) is 2.74. The minimum absolute atomic E-state index is 0.346. The Hall–Kier alpha value is -0.830. The smallest absolute Gasteiger partial charge is 0.306 e. The van der Waals surface area contributed by atoms with Gasteiger partial charge in [0.1, 0.15) is 0 Å². The Morgan fingerprint density at radius 2 is 2.07 bits per heavy atom. The quantitative estimate of drug-likeness (QED) is 0.915. The van der Waals surface area contributed by atoms with E-state index in [9.17, 15) is 4.79 Å². The standard InChI is InChI=1S/C12H15BrO2/c1-7-4-5-11(13)10(9(7)3)6-8(2)12(14)15/h4-5,8H,6H2,1-3H3,(H,14,15). The summed E-state index contributed by atoms with van der Waals surface area (Å²) >= 11 is 3.47. The molecular formula is C12H15BrO2. The topological polar surface area (TPSA) is 37.3 Å². The van der Waals surface area contributed by atoms with E-state index in [4.69, 9.17) is 5.11 Å². The third-order valence-corrected chi connectivity index (χ3v) is 3.49. The molecule has 3 heteroatoms. The molecule has 0 aromatic heterocycles. The van der Waals surface area contributed by atoms with E-state index in [1.165, 1.54) is 11.1 Å². The number of aryl methyl sites for hydroxylation is 1. The number of rotatable bonds is 3. The number of benzene rings is 1. The summed E-state index contributed by atoms with van der Waals surface area (Å²) in [5.74, 6) is -1.09. The first kappa shape index (κ1) is 12.2. The van der Waals surface area contributed by atoms with Crippen LogP contribution in [0.4, 0.5) is 0 Å². The van der Waals surface area contributed by atoms with Crippen LogP contribution in [0.2, 0.25) is 0 Å². The highest BCUT2D eigenvalue weighted by molar-refractivity contribution is 9.10. The van der Waals surface area contributed by atoms with E-state index in [1.54, 1.807) is 6.92 Å². The van der Waals surface area contributed by atoms with Crippen molar-refractivity contribution in [1.82, 2.24) is 0 Å². The summed E-state index contributed by atoms with van der Waals surface area (Å²) in [6, 6.07) is 4.01. The lowest BCUT2D eigenvalue weighted by atomic mass is 9.95. The van der Waals surface area contributed by atoms with Crippen LogP contribution in [0, 0.1) is 19.8 Å². The molecule has 2 nitrogen and oxygen atoms in total. The molecule has 0 amide bonds. The van der Waals surface area contributed by atoms with Gasteiger partial charge in [-0.1, -0.05) is 28.9 Å². The number of aliphatic carboxylic acids is 1. The van der Waals surface area contributed by atoms with Crippen molar-refractivity contribution in [1.29, 1.82) is 0 Å². The van der Waals surface area contributed by atoms with E-state index < -0.39 is 5.97 Å². The summed E-state index contributed by atoms with van der Waals surface area (Å²) in [4.78, 5) is 10.8. The van der Waals surface area contributed by atoms with Crippen molar-refractivity contribution in [3.63, 3.8) is 0 Å². The first-order valence-corrected chi connectivity index (χ1v) is 5.70. The van der Waals surface area contributed by atoms with Crippen LogP contribution >= 0.6 is 15.9 Å². The maximum Gasteiger partial charge on any atom is 0.306 e. The van der Waals surface area contributed by atoms with Crippen molar-refractivity contribution in [2.45, 2.75) is 27.2 Å². The van der Waals surface area contributed by atoms with Crippen molar-refractivity contribution in [3.05, 3.63) is 33.3 Å². The molecule has 82 valence electrons. The van der Waals surface area contributed by atoms with Gasteiger partial charge in [0.05, 0.1) is 5.92 Å². The largest absolute Gasteiger partial charge is 0.481 e. The number of hydrogen-bond acceptors (Lipinski definition) is 1. The lowest BCUT2D eigenvalue weighted by Crippen LogP contribution is -2.13. The van der Waals surface area contributed by atoms with E-state index in [-0.39, 0.29) is 5.92 Å². The van der Waals surface area contributed by atoms with Gasteiger partial charge in [-0.05, 0) is 43.0 Å². The van der Waals surface area contributed by atoms with E-state index in [1.807, 2.05) is 26.0 Å². The van der Waals surface area contributed by atoms with E-state index in [2.05, 4.69) is 15.9 Å². The minimum atomic E-state index is -0.747. The Kier molecular flexibility index (Phi) is 3.91. The molecule has 1 N–H and O–H groups in total. The van der Waals surface area contributed by atoms with Crippen LogP contribution in [-0.4, -0.2) is 11.1 Å². The molecule has 0 saturated heterocycles. The van der Waals surface area contributed by atoms with Gasteiger partial charge < -0.3 is 5.11 Å². The lowest BCUT2D eigenvalue weighted by molar-refractivity contribution is -0.141. The lowest BCUT2D eigenvalue weighted by Gasteiger charge is -2.13. The summed E-state index contributed by atoms with van der Waals surface area (Å²) in [6.07, 6.45) is 0.573. The van der Waals surface area contributed by atoms with Crippen LogP contribution in [0.25, 0.3) is 0 Å². The average molecular weight is 271 g/mol. The highest BCUT2D eigenvalue weighted by Gasteiger charge is 2.15. The van der Waals surface area contributed by atoms with Crippen LogP contribution in [0.3, 0.4) is 0 Å². The van der Waals surface area contributed by atoms with Gasteiger partial charge in [-0.15, -0.1) is 0 Å². The van der Waals surface area contributed by atoms with Gasteiger partial charge in [-0.2, -0.15) is 0 Å². The van der Waals surface area contributed by atoms with Crippen LogP contribution in [-0.2, 0) is 11.2 Å². The molecule has 15 heavy (non-hydrogen) atoms. The Morgan fingerprint density at radius 1 is 1.47 bits per heavy atom. The first-order valence-electron chi connectivity index (χ1n) is 4.91. The van der Waals surface area contributed by atoms with Crippen LogP contribution in [0.1, 0.15) is 23.6 Å². The van der Waals surface area contributed by atoms with Crippen LogP contribution < -0.4 is 0 Å². The normalized spacial score (nSPS) is 12.5. The molecule has 0 aliphatic heterocycles. The maximum absolute atomic E-state index is 10.8.